The fourth-order valence-corrected chi connectivity index (χ4v) is 1.71. The van der Waals surface area contributed by atoms with Gasteiger partial charge < -0.3 is 20.1 Å². The number of nitrogens with zero attached hydrogens (tertiary/aromatic N) is 1. The van der Waals surface area contributed by atoms with Crippen molar-refractivity contribution in [3.8, 4) is 11.5 Å². The molecule has 0 radical (unpaired) electrons. The van der Waals surface area contributed by atoms with Crippen LogP contribution >= 0.6 is 0 Å². The molecular formula is C13H20N2O3. The first-order valence-corrected chi connectivity index (χ1v) is 5.90. The highest BCUT2D eigenvalue weighted by molar-refractivity contribution is 5.93. The molecule has 0 unspecified atom stereocenters. The Balaban J connectivity index is 3.08. The zero-order valence-corrected chi connectivity index (χ0v) is 11.1. The number of anilines is 1. The Morgan fingerprint density at radius 1 is 1.28 bits per heavy atom. The van der Waals surface area contributed by atoms with Gasteiger partial charge in [-0.15, -0.1) is 0 Å². The highest BCUT2D eigenvalue weighted by Gasteiger charge is 2.15. The molecule has 1 aromatic carbocycles. The van der Waals surface area contributed by atoms with Crippen LogP contribution in [-0.4, -0.2) is 33.2 Å². The van der Waals surface area contributed by atoms with Crippen LogP contribution in [0.5, 0.6) is 11.5 Å². The topological polar surface area (TPSA) is 64.8 Å². The standard InChI is InChI=1S/C13H20N2O3/c1-4-13(16)15(8-7-14)10-5-6-11(17-2)12(9-10)18-3/h5-6,9H,4,7-8,14H2,1-3H3. The molecule has 2 N–H and O–H groups in total. The first-order valence-electron chi connectivity index (χ1n) is 5.90. The summed E-state index contributed by atoms with van der Waals surface area (Å²) in [6, 6.07) is 5.38. The van der Waals surface area contributed by atoms with E-state index in [2.05, 4.69) is 0 Å². The summed E-state index contributed by atoms with van der Waals surface area (Å²) in [6.07, 6.45) is 0.439. The Bertz CT molecular complexity index is 407. The van der Waals surface area contributed by atoms with Crippen molar-refractivity contribution in [2.24, 2.45) is 5.73 Å². The van der Waals surface area contributed by atoms with E-state index >= 15 is 0 Å². The molecule has 0 atom stereocenters. The third-order valence-electron chi connectivity index (χ3n) is 2.64. The van der Waals surface area contributed by atoms with Crippen LogP contribution in [0.3, 0.4) is 0 Å². The first kappa shape index (κ1) is 14.3. The third kappa shape index (κ3) is 3.13. The zero-order chi connectivity index (χ0) is 13.5. The van der Waals surface area contributed by atoms with Crippen molar-refractivity contribution in [1.29, 1.82) is 0 Å². The monoisotopic (exact) mass is 252 g/mol. The summed E-state index contributed by atoms with van der Waals surface area (Å²) in [5.74, 6) is 1.27. The lowest BCUT2D eigenvalue weighted by Crippen LogP contribution is -2.34. The number of methoxy groups -OCH3 is 2. The quantitative estimate of drug-likeness (QED) is 0.831. The molecule has 0 aliphatic carbocycles. The van der Waals surface area contributed by atoms with Gasteiger partial charge in [0.1, 0.15) is 0 Å². The van der Waals surface area contributed by atoms with Gasteiger partial charge in [0.05, 0.1) is 14.2 Å². The molecule has 0 spiro atoms. The lowest BCUT2D eigenvalue weighted by Gasteiger charge is -2.22. The van der Waals surface area contributed by atoms with E-state index < -0.39 is 0 Å². The minimum atomic E-state index is 0.0349. The predicted molar refractivity (Wildman–Crippen MR) is 71.2 cm³/mol. The summed E-state index contributed by atoms with van der Waals surface area (Å²) in [5, 5.41) is 0. The number of carbonyl (C=O) groups is 1. The molecule has 1 aromatic rings. The van der Waals surface area contributed by atoms with E-state index in [1.165, 1.54) is 0 Å². The Morgan fingerprint density at radius 2 is 1.94 bits per heavy atom. The molecule has 0 saturated carbocycles. The van der Waals surface area contributed by atoms with Crippen molar-refractivity contribution in [2.45, 2.75) is 13.3 Å². The Labute approximate surface area is 107 Å². The van der Waals surface area contributed by atoms with E-state index in [4.69, 9.17) is 15.2 Å². The molecule has 18 heavy (non-hydrogen) atoms. The SMILES string of the molecule is CCC(=O)N(CCN)c1ccc(OC)c(OC)c1. The number of carbonyl (C=O) groups excluding carboxylic acids is 1. The van der Waals surface area contributed by atoms with Crippen molar-refractivity contribution >= 4 is 11.6 Å². The van der Waals surface area contributed by atoms with Gasteiger partial charge in [-0.1, -0.05) is 6.92 Å². The van der Waals surface area contributed by atoms with Crippen molar-refractivity contribution in [3.05, 3.63) is 18.2 Å². The summed E-state index contributed by atoms with van der Waals surface area (Å²) >= 11 is 0. The van der Waals surface area contributed by atoms with E-state index in [1.54, 1.807) is 31.3 Å². The Morgan fingerprint density at radius 3 is 2.44 bits per heavy atom. The molecule has 5 nitrogen and oxygen atoms in total. The van der Waals surface area contributed by atoms with Crippen LogP contribution in [0.15, 0.2) is 18.2 Å². The maximum Gasteiger partial charge on any atom is 0.226 e. The molecule has 0 aliphatic rings. The van der Waals surface area contributed by atoms with Gasteiger partial charge in [-0.2, -0.15) is 0 Å². The van der Waals surface area contributed by atoms with Crippen molar-refractivity contribution in [1.82, 2.24) is 0 Å². The predicted octanol–water partition coefficient (Wildman–Crippen LogP) is 1.41. The molecule has 1 amide bonds. The van der Waals surface area contributed by atoms with Crippen LogP contribution in [0.4, 0.5) is 5.69 Å². The van der Waals surface area contributed by atoms with Crippen LogP contribution in [0, 0.1) is 0 Å². The number of hydrogen-bond acceptors (Lipinski definition) is 4. The number of benzene rings is 1. The normalized spacial score (nSPS) is 10.0. The summed E-state index contributed by atoms with van der Waals surface area (Å²) in [5.41, 5.74) is 6.30. The maximum atomic E-state index is 11.9. The van der Waals surface area contributed by atoms with E-state index in [9.17, 15) is 4.79 Å². The molecule has 0 aromatic heterocycles. The minimum absolute atomic E-state index is 0.0349. The Kier molecular flexibility index (Phi) is 5.45. The second kappa shape index (κ2) is 6.86. The van der Waals surface area contributed by atoms with Gasteiger partial charge in [-0.25, -0.2) is 0 Å². The van der Waals surface area contributed by atoms with Gasteiger partial charge in [0.25, 0.3) is 0 Å². The average Bonchev–Trinajstić information content (AvgIpc) is 2.43. The first-order chi connectivity index (χ1) is 8.67. The Hall–Kier alpha value is -1.75. The second-order valence-corrected chi connectivity index (χ2v) is 3.73. The number of amides is 1. The molecule has 0 aliphatic heterocycles. The maximum absolute atomic E-state index is 11.9. The summed E-state index contributed by atoms with van der Waals surface area (Å²) in [7, 11) is 3.14. The van der Waals surface area contributed by atoms with Gasteiger partial charge in [0.2, 0.25) is 5.91 Å². The lowest BCUT2D eigenvalue weighted by molar-refractivity contribution is -0.118. The van der Waals surface area contributed by atoms with Crippen molar-refractivity contribution in [3.63, 3.8) is 0 Å². The fraction of sp³-hybridized carbons (Fsp3) is 0.462. The average molecular weight is 252 g/mol. The van der Waals surface area contributed by atoms with Crippen LogP contribution in [0.2, 0.25) is 0 Å². The van der Waals surface area contributed by atoms with Crippen molar-refractivity contribution in [2.75, 3.05) is 32.2 Å². The molecule has 0 fully saturated rings. The zero-order valence-electron chi connectivity index (χ0n) is 11.1. The molecule has 5 heteroatoms. The van der Waals surface area contributed by atoms with Crippen LogP contribution in [-0.2, 0) is 4.79 Å². The molecule has 0 saturated heterocycles. The molecule has 0 heterocycles. The molecule has 100 valence electrons. The third-order valence-corrected chi connectivity index (χ3v) is 2.64. The number of ether oxygens (including phenoxy) is 2. The highest BCUT2D eigenvalue weighted by atomic mass is 16.5. The summed E-state index contributed by atoms with van der Waals surface area (Å²) in [6.45, 7) is 2.73. The molecule has 1 rings (SSSR count). The fourth-order valence-electron chi connectivity index (χ4n) is 1.71. The highest BCUT2D eigenvalue weighted by Crippen LogP contribution is 2.31. The largest absolute Gasteiger partial charge is 0.493 e. The van der Waals surface area contributed by atoms with E-state index in [0.29, 0.717) is 31.0 Å². The van der Waals surface area contributed by atoms with Crippen LogP contribution in [0.1, 0.15) is 13.3 Å². The van der Waals surface area contributed by atoms with Gasteiger partial charge in [-0.3, -0.25) is 4.79 Å². The van der Waals surface area contributed by atoms with Gasteiger partial charge in [-0.05, 0) is 12.1 Å². The number of nitrogens with two attached hydrogens (primary N) is 1. The van der Waals surface area contributed by atoms with E-state index in [0.717, 1.165) is 5.69 Å². The van der Waals surface area contributed by atoms with Gasteiger partial charge in [0, 0.05) is 31.3 Å². The van der Waals surface area contributed by atoms with E-state index in [1.807, 2.05) is 13.0 Å². The van der Waals surface area contributed by atoms with E-state index in [-0.39, 0.29) is 5.91 Å². The summed E-state index contributed by atoms with van der Waals surface area (Å²) < 4.78 is 10.4. The second-order valence-electron chi connectivity index (χ2n) is 3.73. The minimum Gasteiger partial charge on any atom is -0.493 e. The smallest absolute Gasteiger partial charge is 0.226 e. The lowest BCUT2D eigenvalue weighted by atomic mass is 10.2. The number of hydrogen-bond donors (Lipinski definition) is 1. The van der Waals surface area contributed by atoms with Crippen LogP contribution in [0.25, 0.3) is 0 Å². The van der Waals surface area contributed by atoms with Gasteiger partial charge >= 0.3 is 0 Å². The number of rotatable bonds is 6. The van der Waals surface area contributed by atoms with Crippen molar-refractivity contribution < 1.29 is 14.3 Å². The molecule has 0 bridgehead atoms. The van der Waals surface area contributed by atoms with Gasteiger partial charge in [0.15, 0.2) is 11.5 Å². The van der Waals surface area contributed by atoms with Crippen LogP contribution < -0.4 is 20.1 Å². The summed E-state index contributed by atoms with van der Waals surface area (Å²) in [4.78, 5) is 13.5. The molecular weight excluding hydrogens is 232 g/mol.